The van der Waals surface area contributed by atoms with Gasteiger partial charge < -0.3 is 20.1 Å². The number of nitrogens with zero attached hydrogens (tertiary/aromatic N) is 2. The van der Waals surface area contributed by atoms with Gasteiger partial charge in [0.2, 0.25) is 6.79 Å². The average molecular weight is 348 g/mol. The van der Waals surface area contributed by atoms with Crippen molar-refractivity contribution in [1.29, 1.82) is 0 Å². The molecule has 0 radical (unpaired) electrons. The van der Waals surface area contributed by atoms with Crippen molar-refractivity contribution in [3.63, 3.8) is 0 Å². The number of hydrogen-bond donors (Lipinski definition) is 2. The Hall–Kier alpha value is -3.61. The maximum atomic E-state index is 12.3. The van der Waals surface area contributed by atoms with Gasteiger partial charge in [0.05, 0.1) is 12.4 Å². The zero-order chi connectivity index (χ0) is 17.9. The lowest BCUT2D eigenvalue weighted by molar-refractivity contribution is 0.102. The number of hydrogen-bond acceptors (Lipinski definition) is 6. The maximum absolute atomic E-state index is 12.3. The van der Waals surface area contributed by atoms with Crippen molar-refractivity contribution in [3.8, 4) is 11.5 Å². The summed E-state index contributed by atoms with van der Waals surface area (Å²) in [6.45, 7) is 2.20. The molecule has 0 unspecified atom stereocenters. The molecule has 0 saturated heterocycles. The summed E-state index contributed by atoms with van der Waals surface area (Å²) < 4.78 is 10.5. The van der Waals surface area contributed by atoms with Gasteiger partial charge in [-0.25, -0.2) is 9.97 Å². The van der Waals surface area contributed by atoms with E-state index in [9.17, 15) is 4.79 Å². The Morgan fingerprint density at radius 1 is 1.00 bits per heavy atom. The van der Waals surface area contributed by atoms with Gasteiger partial charge in [-0.2, -0.15) is 0 Å². The lowest BCUT2D eigenvalue weighted by atomic mass is 10.2. The molecule has 4 rings (SSSR count). The highest BCUT2D eigenvalue weighted by molar-refractivity contribution is 6.02. The van der Waals surface area contributed by atoms with Gasteiger partial charge in [-0.05, 0) is 36.8 Å². The number of aromatic nitrogens is 2. The van der Waals surface area contributed by atoms with Crippen LogP contribution in [-0.4, -0.2) is 22.7 Å². The van der Waals surface area contributed by atoms with Crippen molar-refractivity contribution < 1.29 is 14.3 Å². The zero-order valence-corrected chi connectivity index (χ0v) is 14.0. The number of rotatable bonds is 4. The number of nitrogens with one attached hydrogen (secondary N) is 2. The van der Waals surface area contributed by atoms with Crippen LogP contribution in [0.2, 0.25) is 0 Å². The SMILES string of the molecule is Cc1cccc(Nc2cnc(C(=O)Nc3ccc4c(c3)OCO4)cn2)c1. The topological polar surface area (TPSA) is 85.4 Å². The molecule has 0 atom stereocenters. The highest BCUT2D eigenvalue weighted by Crippen LogP contribution is 2.34. The van der Waals surface area contributed by atoms with Crippen molar-refractivity contribution in [2.24, 2.45) is 0 Å². The maximum Gasteiger partial charge on any atom is 0.275 e. The van der Waals surface area contributed by atoms with Crippen LogP contribution in [0.3, 0.4) is 0 Å². The fraction of sp³-hybridized carbons (Fsp3) is 0.105. The number of carbonyl (C=O) groups is 1. The number of anilines is 3. The van der Waals surface area contributed by atoms with E-state index < -0.39 is 0 Å². The van der Waals surface area contributed by atoms with Crippen LogP contribution in [0.5, 0.6) is 11.5 Å². The monoisotopic (exact) mass is 348 g/mol. The normalized spacial score (nSPS) is 11.9. The first-order chi connectivity index (χ1) is 12.7. The number of benzene rings is 2. The van der Waals surface area contributed by atoms with Crippen LogP contribution in [0.25, 0.3) is 0 Å². The van der Waals surface area contributed by atoms with Gasteiger partial charge in [0.25, 0.3) is 5.91 Å². The van der Waals surface area contributed by atoms with Crippen LogP contribution in [-0.2, 0) is 0 Å². The van der Waals surface area contributed by atoms with Crippen LogP contribution < -0.4 is 20.1 Å². The molecular formula is C19H16N4O3. The summed E-state index contributed by atoms with van der Waals surface area (Å²) in [7, 11) is 0. The Kier molecular flexibility index (Phi) is 4.10. The van der Waals surface area contributed by atoms with Gasteiger partial charge >= 0.3 is 0 Å². The minimum atomic E-state index is -0.349. The lowest BCUT2D eigenvalue weighted by Crippen LogP contribution is -2.14. The van der Waals surface area contributed by atoms with Crippen LogP contribution in [0, 0.1) is 6.92 Å². The number of fused-ring (bicyclic) bond motifs is 1. The molecule has 0 fully saturated rings. The van der Waals surface area contributed by atoms with E-state index in [0.717, 1.165) is 11.3 Å². The quantitative estimate of drug-likeness (QED) is 0.750. The molecule has 2 N–H and O–H groups in total. The molecule has 7 nitrogen and oxygen atoms in total. The summed E-state index contributed by atoms with van der Waals surface area (Å²) >= 11 is 0. The molecular weight excluding hydrogens is 332 g/mol. The zero-order valence-electron chi connectivity index (χ0n) is 14.0. The van der Waals surface area contributed by atoms with Crippen LogP contribution in [0.1, 0.15) is 16.1 Å². The van der Waals surface area contributed by atoms with Crippen molar-refractivity contribution in [2.75, 3.05) is 17.4 Å². The number of ether oxygens (including phenoxy) is 2. The lowest BCUT2D eigenvalue weighted by Gasteiger charge is -2.08. The molecule has 1 aliphatic heterocycles. The smallest absolute Gasteiger partial charge is 0.275 e. The molecule has 7 heteroatoms. The molecule has 0 spiro atoms. The molecule has 1 aromatic heterocycles. The molecule has 0 saturated carbocycles. The average Bonchev–Trinajstić information content (AvgIpc) is 3.10. The molecule has 0 aliphatic carbocycles. The first-order valence-corrected chi connectivity index (χ1v) is 8.04. The van der Waals surface area contributed by atoms with E-state index in [4.69, 9.17) is 9.47 Å². The predicted molar refractivity (Wildman–Crippen MR) is 97.0 cm³/mol. The highest BCUT2D eigenvalue weighted by atomic mass is 16.7. The number of amides is 1. The van der Waals surface area contributed by atoms with Gasteiger partial charge in [0.1, 0.15) is 11.5 Å². The fourth-order valence-electron chi connectivity index (χ4n) is 2.55. The summed E-state index contributed by atoms with van der Waals surface area (Å²) in [5.74, 6) is 1.48. The minimum Gasteiger partial charge on any atom is -0.454 e. The standard InChI is InChI=1S/C19H16N4O3/c1-12-3-2-4-13(7-12)22-18-10-20-15(9-21-18)19(24)23-14-5-6-16-17(8-14)26-11-25-16/h2-10H,11H2,1H3,(H,21,22)(H,23,24). The van der Waals surface area contributed by atoms with E-state index in [-0.39, 0.29) is 18.4 Å². The molecule has 1 amide bonds. The third-order valence-electron chi connectivity index (χ3n) is 3.81. The van der Waals surface area contributed by atoms with Gasteiger partial charge in [-0.1, -0.05) is 12.1 Å². The van der Waals surface area contributed by atoms with Crippen molar-refractivity contribution in [2.45, 2.75) is 6.92 Å². The minimum absolute atomic E-state index is 0.188. The van der Waals surface area contributed by atoms with Crippen LogP contribution in [0.15, 0.2) is 54.9 Å². The Balaban J connectivity index is 1.43. The van der Waals surface area contributed by atoms with Crippen molar-refractivity contribution in [3.05, 3.63) is 66.1 Å². The summed E-state index contributed by atoms with van der Waals surface area (Å²) in [4.78, 5) is 20.7. The predicted octanol–water partition coefficient (Wildman–Crippen LogP) is 3.51. The summed E-state index contributed by atoms with van der Waals surface area (Å²) in [5.41, 5.74) is 2.88. The number of aryl methyl sites for hydroxylation is 1. The molecule has 2 heterocycles. The van der Waals surface area contributed by atoms with E-state index in [1.165, 1.54) is 12.4 Å². The molecule has 2 aromatic carbocycles. The van der Waals surface area contributed by atoms with E-state index >= 15 is 0 Å². The second kappa shape index (κ2) is 6.72. The molecule has 0 bridgehead atoms. The van der Waals surface area contributed by atoms with Gasteiger partial charge in [0.15, 0.2) is 11.5 Å². The van der Waals surface area contributed by atoms with Crippen LogP contribution in [0.4, 0.5) is 17.2 Å². The Morgan fingerprint density at radius 3 is 2.69 bits per heavy atom. The molecule has 130 valence electrons. The Morgan fingerprint density at radius 2 is 1.88 bits per heavy atom. The second-order valence-corrected chi connectivity index (χ2v) is 5.80. The second-order valence-electron chi connectivity index (χ2n) is 5.80. The van der Waals surface area contributed by atoms with Crippen LogP contribution >= 0.6 is 0 Å². The molecule has 26 heavy (non-hydrogen) atoms. The van der Waals surface area contributed by atoms with Crippen molar-refractivity contribution >= 4 is 23.1 Å². The highest BCUT2D eigenvalue weighted by Gasteiger charge is 2.15. The fourth-order valence-corrected chi connectivity index (χ4v) is 2.55. The molecule has 1 aliphatic rings. The van der Waals surface area contributed by atoms with Gasteiger partial charge in [-0.15, -0.1) is 0 Å². The first kappa shape index (κ1) is 15.9. The largest absolute Gasteiger partial charge is 0.454 e. The van der Waals surface area contributed by atoms with E-state index in [1.54, 1.807) is 18.2 Å². The van der Waals surface area contributed by atoms with Crippen molar-refractivity contribution in [1.82, 2.24) is 9.97 Å². The third kappa shape index (κ3) is 3.41. The Bertz CT molecular complexity index is 957. The number of carbonyl (C=O) groups excluding carboxylic acids is 1. The molecule has 3 aromatic rings. The van der Waals surface area contributed by atoms with Gasteiger partial charge in [0, 0.05) is 17.4 Å². The summed E-state index contributed by atoms with van der Waals surface area (Å²) in [6.07, 6.45) is 2.96. The third-order valence-corrected chi connectivity index (χ3v) is 3.81. The van der Waals surface area contributed by atoms with E-state index in [2.05, 4.69) is 20.6 Å². The van der Waals surface area contributed by atoms with E-state index in [1.807, 2.05) is 31.2 Å². The summed E-state index contributed by atoms with van der Waals surface area (Å²) in [6, 6.07) is 13.1. The first-order valence-electron chi connectivity index (χ1n) is 8.04. The Labute approximate surface area is 150 Å². The van der Waals surface area contributed by atoms with Gasteiger partial charge in [-0.3, -0.25) is 4.79 Å². The van der Waals surface area contributed by atoms with E-state index in [0.29, 0.717) is 23.0 Å². The summed E-state index contributed by atoms with van der Waals surface area (Å²) in [5, 5.41) is 5.92.